The number of hydrogen-bond acceptors (Lipinski definition) is 4. The van der Waals surface area contributed by atoms with Gasteiger partial charge in [-0.3, -0.25) is 0 Å². The summed E-state index contributed by atoms with van der Waals surface area (Å²) in [5.41, 5.74) is 0.567. The van der Waals surface area contributed by atoms with Gasteiger partial charge < -0.3 is 19.8 Å². The largest absolute Gasteiger partial charge is 0.507 e. The lowest BCUT2D eigenvalue weighted by atomic mass is 10.1. The zero-order valence-electron chi connectivity index (χ0n) is 12.0. The predicted octanol–water partition coefficient (Wildman–Crippen LogP) is 3.26. The van der Waals surface area contributed by atoms with E-state index in [1.54, 1.807) is 30.3 Å². The molecule has 0 amide bonds. The molecule has 5 nitrogen and oxygen atoms in total. The van der Waals surface area contributed by atoms with E-state index in [-0.39, 0.29) is 11.3 Å². The third kappa shape index (κ3) is 4.05. The Morgan fingerprint density at radius 1 is 1.23 bits per heavy atom. The van der Waals surface area contributed by atoms with E-state index >= 15 is 0 Å². The SMILES string of the molecule is CN(CCOc1ccc(Cl)cc1)c1ccc(O)c(C(=O)O)c1. The van der Waals surface area contributed by atoms with Crippen LogP contribution in [0.4, 0.5) is 5.69 Å². The third-order valence-electron chi connectivity index (χ3n) is 3.16. The van der Waals surface area contributed by atoms with Crippen molar-refractivity contribution < 1.29 is 19.7 Å². The summed E-state index contributed by atoms with van der Waals surface area (Å²) in [4.78, 5) is 12.9. The maximum absolute atomic E-state index is 11.0. The molecule has 0 spiro atoms. The van der Waals surface area contributed by atoms with E-state index in [4.69, 9.17) is 21.4 Å². The van der Waals surface area contributed by atoms with Crippen LogP contribution in [-0.4, -0.2) is 36.4 Å². The topological polar surface area (TPSA) is 70.0 Å². The van der Waals surface area contributed by atoms with Crippen LogP contribution in [0.1, 0.15) is 10.4 Å². The fourth-order valence-electron chi connectivity index (χ4n) is 1.89. The van der Waals surface area contributed by atoms with E-state index in [9.17, 15) is 9.90 Å². The average Bonchev–Trinajstić information content (AvgIpc) is 2.49. The Balaban J connectivity index is 1.94. The number of nitrogens with zero attached hydrogens (tertiary/aromatic N) is 1. The second-order valence-electron chi connectivity index (χ2n) is 4.73. The van der Waals surface area contributed by atoms with Gasteiger partial charge in [-0.1, -0.05) is 11.6 Å². The maximum Gasteiger partial charge on any atom is 0.339 e. The van der Waals surface area contributed by atoms with Crippen LogP contribution in [0.2, 0.25) is 5.02 Å². The van der Waals surface area contributed by atoms with Gasteiger partial charge in [-0.15, -0.1) is 0 Å². The highest BCUT2D eigenvalue weighted by Crippen LogP contribution is 2.23. The number of hydrogen-bond donors (Lipinski definition) is 2. The lowest BCUT2D eigenvalue weighted by molar-refractivity contribution is 0.0694. The molecule has 0 aliphatic carbocycles. The minimum Gasteiger partial charge on any atom is -0.507 e. The van der Waals surface area contributed by atoms with Gasteiger partial charge in [0.2, 0.25) is 0 Å². The molecule has 2 aromatic rings. The lowest BCUT2D eigenvalue weighted by Gasteiger charge is -2.20. The number of ether oxygens (including phenoxy) is 1. The first-order valence-corrected chi connectivity index (χ1v) is 7.01. The van der Waals surface area contributed by atoms with Gasteiger partial charge in [0.15, 0.2) is 0 Å². The Bertz CT molecular complexity index is 658. The van der Waals surface area contributed by atoms with Gasteiger partial charge in [-0.05, 0) is 42.5 Å². The van der Waals surface area contributed by atoms with Crippen molar-refractivity contribution in [3.05, 3.63) is 53.1 Å². The van der Waals surface area contributed by atoms with Crippen LogP contribution in [0.5, 0.6) is 11.5 Å². The first kappa shape index (κ1) is 16.0. The molecule has 2 N–H and O–H groups in total. The van der Waals surface area contributed by atoms with Crippen LogP contribution in [0, 0.1) is 0 Å². The van der Waals surface area contributed by atoms with Crippen LogP contribution in [-0.2, 0) is 0 Å². The van der Waals surface area contributed by atoms with Gasteiger partial charge >= 0.3 is 5.97 Å². The fraction of sp³-hybridized carbons (Fsp3) is 0.188. The van der Waals surface area contributed by atoms with Crippen molar-refractivity contribution >= 4 is 23.3 Å². The van der Waals surface area contributed by atoms with Crippen LogP contribution in [0.15, 0.2) is 42.5 Å². The summed E-state index contributed by atoms with van der Waals surface area (Å²) in [6, 6.07) is 11.5. The van der Waals surface area contributed by atoms with Crippen molar-refractivity contribution in [3.63, 3.8) is 0 Å². The molecular weight excluding hydrogens is 306 g/mol. The van der Waals surface area contributed by atoms with Crippen LogP contribution in [0.25, 0.3) is 0 Å². The zero-order chi connectivity index (χ0) is 16.1. The molecule has 2 rings (SSSR count). The molecule has 0 aromatic heterocycles. The van der Waals surface area contributed by atoms with Gasteiger partial charge in [0.1, 0.15) is 23.7 Å². The number of halogens is 1. The molecule has 22 heavy (non-hydrogen) atoms. The highest BCUT2D eigenvalue weighted by atomic mass is 35.5. The van der Waals surface area contributed by atoms with Crippen LogP contribution >= 0.6 is 11.6 Å². The Kier molecular flexibility index (Phi) is 5.12. The van der Waals surface area contributed by atoms with Crippen molar-refractivity contribution in [1.29, 1.82) is 0 Å². The summed E-state index contributed by atoms with van der Waals surface area (Å²) in [6.07, 6.45) is 0. The molecule has 0 unspecified atom stereocenters. The molecule has 2 aromatic carbocycles. The summed E-state index contributed by atoms with van der Waals surface area (Å²) < 4.78 is 5.59. The zero-order valence-corrected chi connectivity index (χ0v) is 12.7. The Hall–Kier alpha value is -2.40. The standard InChI is InChI=1S/C16H16ClNO4/c1-18(8-9-22-13-5-2-11(17)3-6-13)12-4-7-15(19)14(10-12)16(20)21/h2-7,10,19H,8-9H2,1H3,(H,20,21). The van der Waals surface area contributed by atoms with E-state index in [0.717, 1.165) is 5.75 Å². The van der Waals surface area contributed by atoms with E-state index in [1.165, 1.54) is 12.1 Å². The third-order valence-corrected chi connectivity index (χ3v) is 3.41. The van der Waals surface area contributed by atoms with Crippen LogP contribution in [0.3, 0.4) is 0 Å². The molecule has 0 saturated carbocycles. The predicted molar refractivity (Wildman–Crippen MR) is 85.3 cm³/mol. The lowest BCUT2D eigenvalue weighted by Crippen LogP contribution is -2.24. The minimum absolute atomic E-state index is 0.122. The van der Waals surface area contributed by atoms with E-state index in [1.807, 2.05) is 11.9 Å². The van der Waals surface area contributed by atoms with Gasteiger partial charge in [0, 0.05) is 17.8 Å². The fourth-order valence-corrected chi connectivity index (χ4v) is 2.02. The quantitative estimate of drug-likeness (QED) is 0.854. The molecule has 0 fully saturated rings. The molecule has 0 aliphatic rings. The highest BCUT2D eigenvalue weighted by Gasteiger charge is 2.12. The van der Waals surface area contributed by atoms with E-state index in [2.05, 4.69) is 0 Å². The second kappa shape index (κ2) is 7.04. The number of benzene rings is 2. The number of aromatic carboxylic acids is 1. The summed E-state index contributed by atoms with van der Waals surface area (Å²) in [5.74, 6) is -0.693. The first-order chi connectivity index (χ1) is 10.5. The van der Waals surface area contributed by atoms with Crippen LogP contribution < -0.4 is 9.64 Å². The number of carboxylic acids is 1. The summed E-state index contributed by atoms with van der Waals surface area (Å²) >= 11 is 5.80. The van der Waals surface area contributed by atoms with E-state index in [0.29, 0.717) is 23.9 Å². The molecule has 0 atom stereocenters. The number of carbonyl (C=O) groups is 1. The normalized spacial score (nSPS) is 10.3. The number of anilines is 1. The van der Waals surface area contributed by atoms with Crippen molar-refractivity contribution in [1.82, 2.24) is 0 Å². The smallest absolute Gasteiger partial charge is 0.339 e. The summed E-state index contributed by atoms with van der Waals surface area (Å²) in [5, 5.41) is 19.2. The number of carboxylic acid groups (broad SMARTS) is 1. The van der Waals surface area contributed by atoms with Crippen molar-refractivity contribution in [2.45, 2.75) is 0 Å². The van der Waals surface area contributed by atoms with Crippen molar-refractivity contribution in [3.8, 4) is 11.5 Å². The molecule has 116 valence electrons. The average molecular weight is 322 g/mol. The Morgan fingerprint density at radius 2 is 1.91 bits per heavy atom. The first-order valence-electron chi connectivity index (χ1n) is 6.63. The molecule has 0 saturated heterocycles. The Labute approximate surface area is 133 Å². The molecule has 0 aliphatic heterocycles. The monoisotopic (exact) mass is 321 g/mol. The van der Waals surface area contributed by atoms with Crippen molar-refractivity contribution in [2.24, 2.45) is 0 Å². The van der Waals surface area contributed by atoms with E-state index < -0.39 is 5.97 Å². The van der Waals surface area contributed by atoms with Gasteiger partial charge in [-0.2, -0.15) is 0 Å². The minimum atomic E-state index is -1.16. The molecule has 0 radical (unpaired) electrons. The number of rotatable bonds is 6. The number of aromatic hydroxyl groups is 1. The highest BCUT2D eigenvalue weighted by molar-refractivity contribution is 6.30. The summed E-state index contributed by atoms with van der Waals surface area (Å²) in [6.45, 7) is 0.994. The second-order valence-corrected chi connectivity index (χ2v) is 5.17. The molecule has 0 bridgehead atoms. The Morgan fingerprint density at radius 3 is 2.55 bits per heavy atom. The number of phenols is 1. The molecule has 6 heteroatoms. The van der Waals surface area contributed by atoms with Gasteiger partial charge in [-0.25, -0.2) is 4.79 Å². The molecular formula is C16H16ClNO4. The maximum atomic E-state index is 11.0. The van der Waals surface area contributed by atoms with Crippen molar-refractivity contribution in [2.75, 3.05) is 25.1 Å². The molecule has 0 heterocycles. The van der Waals surface area contributed by atoms with Gasteiger partial charge in [0.25, 0.3) is 0 Å². The summed E-state index contributed by atoms with van der Waals surface area (Å²) in [7, 11) is 1.82. The van der Waals surface area contributed by atoms with Gasteiger partial charge in [0.05, 0.1) is 6.54 Å². The number of likely N-dealkylation sites (N-methyl/N-ethyl adjacent to an activating group) is 1.